The molecule has 0 amide bonds. The van der Waals surface area contributed by atoms with E-state index in [9.17, 15) is 4.79 Å². The number of hydrogen-bond acceptors (Lipinski definition) is 7. The Balaban J connectivity index is 0.00000274. The van der Waals surface area contributed by atoms with Gasteiger partial charge in [0.25, 0.3) is 5.95 Å². The zero-order valence-corrected chi connectivity index (χ0v) is 20.0. The van der Waals surface area contributed by atoms with Crippen LogP contribution < -0.4 is 4.74 Å². The smallest absolute Gasteiger partial charge is 0.341 e. The molecule has 10 heteroatoms. The van der Waals surface area contributed by atoms with Crippen LogP contribution in [0.4, 0.5) is 0 Å². The Labute approximate surface area is 202 Å². The maximum Gasteiger partial charge on any atom is 0.341 e. The largest absolute Gasteiger partial charge is 0.479 e. The van der Waals surface area contributed by atoms with Crippen molar-refractivity contribution < 1.29 is 14.3 Å². The Morgan fingerprint density at radius 1 is 1.06 bits per heavy atom. The summed E-state index contributed by atoms with van der Waals surface area (Å²) in [5.74, 6) is 0.190. The molecule has 1 atom stereocenters. The molecule has 0 fully saturated rings. The average molecular weight is 477 g/mol. The van der Waals surface area contributed by atoms with Gasteiger partial charge in [-0.15, -0.1) is 0 Å². The van der Waals surface area contributed by atoms with Crippen molar-refractivity contribution in [1.29, 1.82) is 0 Å². The number of benzene rings is 2. The summed E-state index contributed by atoms with van der Waals surface area (Å²) in [6, 6.07) is 14.5. The standard InChI is InChI=1S/C24H22N6O3.H2S/c1-4-33-23(31)19-12-25-29(14-19)24-27-20-13-26-30(21(20)22(28-24)32-3)15(2)17-10-9-16-7-5-6-8-18(16)11-17;/h5-15H,4H2,1-3H3;1H2/t15-;/m0./s1. The first-order valence-electron chi connectivity index (χ1n) is 10.6. The van der Waals surface area contributed by atoms with Crippen LogP contribution >= 0.6 is 13.5 Å². The molecule has 0 radical (unpaired) electrons. The van der Waals surface area contributed by atoms with E-state index in [4.69, 9.17) is 9.47 Å². The minimum atomic E-state index is -0.450. The molecule has 3 heterocycles. The molecule has 0 saturated carbocycles. The van der Waals surface area contributed by atoms with Crippen molar-refractivity contribution in [2.75, 3.05) is 13.7 Å². The number of nitrogens with zero attached hydrogens (tertiary/aromatic N) is 6. The molecule has 0 aliphatic heterocycles. The van der Waals surface area contributed by atoms with Gasteiger partial charge in [0.2, 0.25) is 5.88 Å². The number of aromatic nitrogens is 6. The predicted molar refractivity (Wildman–Crippen MR) is 133 cm³/mol. The molecule has 5 aromatic rings. The normalized spacial score (nSPS) is 11.9. The van der Waals surface area contributed by atoms with Gasteiger partial charge in [-0.3, -0.25) is 4.68 Å². The third kappa shape index (κ3) is 4.08. The van der Waals surface area contributed by atoms with E-state index in [2.05, 4.69) is 57.4 Å². The number of rotatable bonds is 6. The molecule has 0 aliphatic rings. The lowest BCUT2D eigenvalue weighted by Crippen LogP contribution is -2.11. The van der Waals surface area contributed by atoms with E-state index in [1.807, 2.05) is 16.8 Å². The maximum absolute atomic E-state index is 12.0. The van der Waals surface area contributed by atoms with Gasteiger partial charge in [0, 0.05) is 6.20 Å². The summed E-state index contributed by atoms with van der Waals surface area (Å²) in [7, 11) is 1.55. The zero-order chi connectivity index (χ0) is 22.9. The Kier molecular flexibility index (Phi) is 6.51. The van der Waals surface area contributed by atoms with Crippen LogP contribution in [0.25, 0.3) is 27.8 Å². The third-order valence-electron chi connectivity index (χ3n) is 5.52. The van der Waals surface area contributed by atoms with E-state index in [0.29, 0.717) is 22.5 Å². The lowest BCUT2D eigenvalue weighted by Gasteiger charge is -2.16. The lowest BCUT2D eigenvalue weighted by atomic mass is 10.0. The van der Waals surface area contributed by atoms with Crippen molar-refractivity contribution in [3.8, 4) is 11.8 Å². The number of hydrogen-bond donors (Lipinski definition) is 0. The summed E-state index contributed by atoms with van der Waals surface area (Å²) in [6.07, 6.45) is 4.63. The number of ether oxygens (including phenoxy) is 2. The van der Waals surface area contributed by atoms with Crippen molar-refractivity contribution >= 4 is 41.3 Å². The van der Waals surface area contributed by atoms with E-state index >= 15 is 0 Å². The topological polar surface area (TPSA) is 97.0 Å². The number of methoxy groups -OCH3 is 1. The van der Waals surface area contributed by atoms with Crippen LogP contribution in [0.1, 0.15) is 35.8 Å². The van der Waals surface area contributed by atoms with Crippen LogP contribution in [0.3, 0.4) is 0 Å². The first-order valence-corrected chi connectivity index (χ1v) is 10.6. The molecule has 174 valence electrons. The third-order valence-corrected chi connectivity index (χ3v) is 5.52. The minimum absolute atomic E-state index is 0. The van der Waals surface area contributed by atoms with E-state index in [1.54, 1.807) is 20.2 Å². The molecule has 3 aromatic heterocycles. The summed E-state index contributed by atoms with van der Waals surface area (Å²) in [5.41, 5.74) is 2.72. The van der Waals surface area contributed by atoms with Gasteiger partial charge in [-0.05, 0) is 36.2 Å². The summed E-state index contributed by atoms with van der Waals surface area (Å²) < 4.78 is 13.9. The summed E-state index contributed by atoms with van der Waals surface area (Å²) in [4.78, 5) is 21.1. The van der Waals surface area contributed by atoms with E-state index < -0.39 is 5.97 Å². The van der Waals surface area contributed by atoms with Crippen molar-refractivity contribution in [2.45, 2.75) is 19.9 Å². The number of esters is 1. The number of carbonyl (C=O) groups excluding carboxylic acids is 1. The first kappa shape index (κ1) is 23.2. The van der Waals surface area contributed by atoms with Crippen molar-refractivity contribution in [1.82, 2.24) is 29.5 Å². The quantitative estimate of drug-likeness (QED) is 0.341. The fourth-order valence-corrected chi connectivity index (χ4v) is 3.82. The van der Waals surface area contributed by atoms with E-state index in [1.165, 1.54) is 27.8 Å². The molecule has 2 aromatic carbocycles. The highest BCUT2D eigenvalue weighted by atomic mass is 32.1. The fourth-order valence-electron chi connectivity index (χ4n) is 3.82. The molecule has 0 unspecified atom stereocenters. The van der Waals surface area contributed by atoms with E-state index in [0.717, 1.165) is 5.56 Å². The van der Waals surface area contributed by atoms with Crippen LogP contribution in [0, 0.1) is 0 Å². The Morgan fingerprint density at radius 2 is 1.85 bits per heavy atom. The lowest BCUT2D eigenvalue weighted by molar-refractivity contribution is 0.0526. The number of carbonyl (C=O) groups is 1. The van der Waals surface area contributed by atoms with Gasteiger partial charge in [-0.1, -0.05) is 36.4 Å². The molecule has 9 nitrogen and oxygen atoms in total. The second kappa shape index (κ2) is 9.52. The molecular formula is C24H24N6O3S. The predicted octanol–water partition coefficient (Wildman–Crippen LogP) is 4.07. The van der Waals surface area contributed by atoms with Crippen molar-refractivity contribution in [2.24, 2.45) is 0 Å². The highest BCUT2D eigenvalue weighted by Gasteiger charge is 2.20. The van der Waals surface area contributed by atoms with Crippen molar-refractivity contribution in [3.05, 3.63) is 72.2 Å². The Bertz CT molecular complexity index is 1480. The summed E-state index contributed by atoms with van der Waals surface area (Å²) in [6.45, 7) is 4.11. The zero-order valence-electron chi connectivity index (χ0n) is 19.0. The first-order chi connectivity index (χ1) is 16.1. The molecule has 0 aliphatic carbocycles. The Hall–Kier alpha value is -3.92. The van der Waals surface area contributed by atoms with Gasteiger partial charge < -0.3 is 9.47 Å². The molecule has 5 rings (SSSR count). The average Bonchev–Trinajstić information content (AvgIpc) is 3.50. The van der Waals surface area contributed by atoms with Crippen LogP contribution in [0.2, 0.25) is 0 Å². The molecule has 0 bridgehead atoms. The number of fused-ring (bicyclic) bond motifs is 2. The van der Waals surface area contributed by atoms with Gasteiger partial charge in [0.1, 0.15) is 11.0 Å². The monoisotopic (exact) mass is 476 g/mol. The second-order valence-corrected chi connectivity index (χ2v) is 7.53. The van der Waals surface area contributed by atoms with Crippen molar-refractivity contribution in [3.63, 3.8) is 0 Å². The van der Waals surface area contributed by atoms with Gasteiger partial charge >= 0.3 is 5.97 Å². The second-order valence-electron chi connectivity index (χ2n) is 7.53. The molecule has 0 spiro atoms. The van der Waals surface area contributed by atoms with Crippen LogP contribution in [-0.2, 0) is 4.74 Å². The van der Waals surface area contributed by atoms with E-state index in [-0.39, 0.29) is 32.1 Å². The summed E-state index contributed by atoms with van der Waals surface area (Å²) in [5, 5.41) is 11.1. The maximum atomic E-state index is 12.0. The summed E-state index contributed by atoms with van der Waals surface area (Å²) >= 11 is 0. The Morgan fingerprint density at radius 3 is 2.62 bits per heavy atom. The van der Waals surface area contributed by atoms with Crippen LogP contribution in [0.5, 0.6) is 5.88 Å². The minimum Gasteiger partial charge on any atom is -0.479 e. The highest BCUT2D eigenvalue weighted by Crippen LogP contribution is 2.30. The van der Waals surface area contributed by atoms with Gasteiger partial charge in [-0.25, -0.2) is 14.5 Å². The molecule has 34 heavy (non-hydrogen) atoms. The van der Waals surface area contributed by atoms with Gasteiger partial charge in [-0.2, -0.15) is 28.7 Å². The molecular weight excluding hydrogens is 452 g/mol. The highest BCUT2D eigenvalue weighted by molar-refractivity contribution is 7.59. The fraction of sp³-hybridized carbons (Fsp3) is 0.208. The molecule has 0 N–H and O–H groups in total. The SMILES string of the molecule is CCOC(=O)c1cnn(-c2nc(OC)c3c(cnn3[C@@H](C)c3ccc4ccccc4c3)n2)c1.S. The van der Waals surface area contributed by atoms with Gasteiger partial charge in [0.05, 0.1) is 37.7 Å². The van der Waals surface area contributed by atoms with Gasteiger partial charge in [0.15, 0.2) is 0 Å². The molecule has 0 saturated heterocycles. The van der Waals surface area contributed by atoms with Crippen LogP contribution in [-0.4, -0.2) is 49.2 Å². The van der Waals surface area contributed by atoms with Crippen LogP contribution in [0.15, 0.2) is 61.1 Å².